The highest BCUT2D eigenvalue weighted by molar-refractivity contribution is 5.72. The Balaban J connectivity index is 0.000000342. The second-order valence-corrected chi connectivity index (χ2v) is 13.6. The normalized spacial score (nSPS) is 41.5. The van der Waals surface area contributed by atoms with Crippen molar-refractivity contribution in [2.24, 2.45) is 57.8 Å². The van der Waals surface area contributed by atoms with Crippen LogP contribution in [0, 0.1) is 46.3 Å². The molecule has 4 fully saturated rings. The molecule has 0 aromatic carbocycles. The van der Waals surface area contributed by atoms with Crippen molar-refractivity contribution in [2.45, 2.75) is 122 Å². The molecular weight excluding hydrogens is 484 g/mol. The van der Waals surface area contributed by atoms with E-state index in [0.717, 1.165) is 44.9 Å². The molecule has 4 unspecified atom stereocenters. The van der Waals surface area contributed by atoms with Crippen molar-refractivity contribution in [1.82, 2.24) is 0 Å². The molecule has 4 aliphatic carbocycles. The Kier molecular flexibility index (Phi) is 10.7. The summed E-state index contributed by atoms with van der Waals surface area (Å²) in [7, 11) is 0. The first-order valence-corrected chi connectivity index (χ1v) is 15.1. The Bertz CT molecular complexity index is 810. The number of unbranched alkanes of at least 4 members (excludes halogenated alkanes) is 1. The lowest BCUT2D eigenvalue weighted by Crippen LogP contribution is -2.58. The zero-order chi connectivity index (χ0) is 28.3. The SMILES string of the molecule is C[C@H](CCC(=O)O)[C@H]1CCC2C3C(CC[C@@]21C)[C@@]1(C)CC[C@@H](O)CC1C[C@H]3O.NCCCC[C@H](N)C(=O)O. The molecule has 4 rings (SSSR count). The van der Waals surface area contributed by atoms with E-state index in [0.29, 0.717) is 48.5 Å². The van der Waals surface area contributed by atoms with Crippen LogP contribution in [-0.2, 0) is 9.59 Å². The van der Waals surface area contributed by atoms with Crippen LogP contribution in [0.15, 0.2) is 0 Å². The van der Waals surface area contributed by atoms with Crippen LogP contribution in [0.2, 0.25) is 0 Å². The molecule has 0 amide bonds. The summed E-state index contributed by atoms with van der Waals surface area (Å²) in [5, 5.41) is 38.9. The van der Waals surface area contributed by atoms with Crippen molar-refractivity contribution in [2.75, 3.05) is 6.54 Å². The fourth-order valence-electron chi connectivity index (χ4n) is 9.36. The summed E-state index contributed by atoms with van der Waals surface area (Å²) >= 11 is 0. The van der Waals surface area contributed by atoms with Gasteiger partial charge in [0.1, 0.15) is 6.04 Å². The van der Waals surface area contributed by atoms with Gasteiger partial charge in [-0.15, -0.1) is 0 Å². The van der Waals surface area contributed by atoms with Gasteiger partial charge in [-0.2, -0.15) is 0 Å². The Morgan fingerprint density at radius 1 is 0.921 bits per heavy atom. The maximum absolute atomic E-state index is 11.2. The largest absolute Gasteiger partial charge is 0.481 e. The Morgan fingerprint density at radius 2 is 1.58 bits per heavy atom. The molecule has 0 aliphatic heterocycles. The van der Waals surface area contributed by atoms with Gasteiger partial charge in [0, 0.05) is 6.42 Å². The van der Waals surface area contributed by atoms with E-state index in [1.807, 2.05) is 0 Å². The fraction of sp³-hybridized carbons (Fsp3) is 0.933. The van der Waals surface area contributed by atoms with Crippen LogP contribution in [0.3, 0.4) is 0 Å². The van der Waals surface area contributed by atoms with Gasteiger partial charge in [0.15, 0.2) is 0 Å². The molecule has 0 saturated heterocycles. The molecule has 8 nitrogen and oxygen atoms in total. The molecule has 4 aliphatic rings. The van der Waals surface area contributed by atoms with E-state index in [1.165, 1.54) is 25.7 Å². The monoisotopic (exact) mass is 538 g/mol. The summed E-state index contributed by atoms with van der Waals surface area (Å²) in [5.74, 6) is 1.42. The molecule has 0 radical (unpaired) electrons. The molecule has 4 saturated carbocycles. The summed E-state index contributed by atoms with van der Waals surface area (Å²) in [5.41, 5.74) is 10.9. The van der Waals surface area contributed by atoms with Gasteiger partial charge in [0.25, 0.3) is 0 Å². The van der Waals surface area contributed by atoms with E-state index in [-0.39, 0.29) is 29.5 Å². The number of rotatable bonds is 9. The van der Waals surface area contributed by atoms with Crippen molar-refractivity contribution < 1.29 is 30.0 Å². The molecule has 38 heavy (non-hydrogen) atoms. The van der Waals surface area contributed by atoms with Crippen LogP contribution in [-0.4, -0.2) is 57.2 Å². The number of carbonyl (C=O) groups is 2. The van der Waals surface area contributed by atoms with Crippen LogP contribution in [0.5, 0.6) is 0 Å². The van der Waals surface area contributed by atoms with Crippen LogP contribution < -0.4 is 11.5 Å². The van der Waals surface area contributed by atoms with Gasteiger partial charge < -0.3 is 31.9 Å². The summed E-state index contributed by atoms with van der Waals surface area (Å²) in [6, 6.07) is -0.716. The topological polar surface area (TPSA) is 167 Å². The first-order valence-electron chi connectivity index (χ1n) is 15.1. The maximum atomic E-state index is 11.2. The van der Waals surface area contributed by atoms with E-state index >= 15 is 0 Å². The van der Waals surface area contributed by atoms with Gasteiger partial charge in [0.05, 0.1) is 12.2 Å². The van der Waals surface area contributed by atoms with Gasteiger partial charge in [-0.3, -0.25) is 9.59 Å². The number of aliphatic hydroxyl groups excluding tert-OH is 2. The van der Waals surface area contributed by atoms with Crippen molar-refractivity contribution in [3.63, 3.8) is 0 Å². The van der Waals surface area contributed by atoms with Crippen molar-refractivity contribution >= 4 is 11.9 Å². The number of nitrogens with two attached hydrogens (primary N) is 2. The van der Waals surface area contributed by atoms with Gasteiger partial charge in [-0.1, -0.05) is 27.2 Å². The van der Waals surface area contributed by atoms with Gasteiger partial charge >= 0.3 is 11.9 Å². The minimum absolute atomic E-state index is 0.179. The lowest BCUT2D eigenvalue weighted by Gasteiger charge is -2.62. The first-order chi connectivity index (χ1) is 17.8. The molecule has 11 atom stereocenters. The fourth-order valence-corrected chi connectivity index (χ4v) is 9.36. The zero-order valence-electron chi connectivity index (χ0n) is 23.9. The second kappa shape index (κ2) is 13.0. The van der Waals surface area contributed by atoms with Gasteiger partial charge in [-0.05, 0) is 124 Å². The van der Waals surface area contributed by atoms with Crippen molar-refractivity contribution in [1.29, 1.82) is 0 Å². The lowest BCUT2D eigenvalue weighted by atomic mass is 9.43. The molecule has 220 valence electrons. The molecule has 0 heterocycles. The van der Waals surface area contributed by atoms with E-state index < -0.39 is 18.0 Å². The molecule has 0 spiro atoms. The van der Waals surface area contributed by atoms with Crippen LogP contribution >= 0.6 is 0 Å². The quantitative estimate of drug-likeness (QED) is 0.239. The minimum atomic E-state index is -0.933. The summed E-state index contributed by atoms with van der Waals surface area (Å²) in [4.78, 5) is 21.2. The summed E-state index contributed by atoms with van der Waals surface area (Å²) in [6.07, 6.45) is 11.4. The molecular formula is C30H54N2O6. The first kappa shape index (κ1) is 31.3. The highest BCUT2D eigenvalue weighted by Crippen LogP contribution is 2.68. The third kappa shape index (κ3) is 6.56. The number of carboxylic acids is 2. The molecule has 0 aromatic heterocycles. The summed E-state index contributed by atoms with van der Waals surface area (Å²) < 4.78 is 0. The minimum Gasteiger partial charge on any atom is -0.481 e. The van der Waals surface area contributed by atoms with Crippen molar-refractivity contribution in [3.05, 3.63) is 0 Å². The maximum Gasteiger partial charge on any atom is 0.320 e. The average Bonchev–Trinajstić information content (AvgIpc) is 3.21. The molecule has 0 bridgehead atoms. The molecule has 8 N–H and O–H groups in total. The molecule has 8 heteroatoms. The van der Waals surface area contributed by atoms with E-state index in [4.69, 9.17) is 21.7 Å². The lowest BCUT2D eigenvalue weighted by molar-refractivity contribution is -0.174. The number of fused-ring (bicyclic) bond motifs is 5. The number of aliphatic carboxylic acids is 2. The summed E-state index contributed by atoms with van der Waals surface area (Å²) in [6.45, 7) is 7.77. The third-order valence-corrected chi connectivity index (χ3v) is 11.5. The van der Waals surface area contributed by atoms with Gasteiger partial charge in [-0.25, -0.2) is 0 Å². The van der Waals surface area contributed by atoms with Crippen molar-refractivity contribution in [3.8, 4) is 0 Å². The van der Waals surface area contributed by atoms with Crippen LogP contribution in [0.25, 0.3) is 0 Å². The van der Waals surface area contributed by atoms with Crippen LogP contribution in [0.1, 0.15) is 104 Å². The number of hydrogen-bond acceptors (Lipinski definition) is 6. The Labute approximate surface area is 228 Å². The van der Waals surface area contributed by atoms with E-state index in [2.05, 4.69) is 20.8 Å². The highest BCUT2D eigenvalue weighted by atomic mass is 16.4. The smallest absolute Gasteiger partial charge is 0.320 e. The number of aliphatic hydroxyl groups is 2. The number of carboxylic acid groups (broad SMARTS) is 2. The van der Waals surface area contributed by atoms with Crippen LogP contribution in [0.4, 0.5) is 0 Å². The van der Waals surface area contributed by atoms with E-state index in [9.17, 15) is 19.8 Å². The number of hydrogen-bond donors (Lipinski definition) is 6. The predicted octanol–water partition coefficient (Wildman–Crippen LogP) is 4.01. The Morgan fingerprint density at radius 3 is 2.21 bits per heavy atom. The highest BCUT2D eigenvalue weighted by Gasteiger charge is 2.62. The zero-order valence-corrected chi connectivity index (χ0v) is 23.9. The molecule has 0 aromatic rings. The predicted molar refractivity (Wildman–Crippen MR) is 147 cm³/mol. The average molecular weight is 539 g/mol. The third-order valence-electron chi connectivity index (χ3n) is 11.5. The second-order valence-electron chi connectivity index (χ2n) is 13.6. The standard InChI is InChI=1S/C24H40O4.C6H14N2O2/c1-14(4-7-21(27)28)17-5-6-18-22-19(9-11-24(17,18)3)23(2)10-8-16(25)12-15(23)13-20(22)26;7-4-2-1-3-5(8)6(9)10/h14-20,22,25-26H,4-13H2,1-3H3,(H,27,28);5H,1-4,7-8H2,(H,9,10)/t14-,15?,16-,17-,18?,19?,20-,22?,23+,24-;5-/m10/s1. The van der Waals surface area contributed by atoms with Gasteiger partial charge in [0.2, 0.25) is 0 Å². The Hall–Kier alpha value is -1.22. The van der Waals surface area contributed by atoms with E-state index in [1.54, 1.807) is 0 Å².